The van der Waals surface area contributed by atoms with Gasteiger partial charge in [0.15, 0.2) is 0 Å². The zero-order chi connectivity index (χ0) is 13.4. The fraction of sp³-hybridized carbons (Fsp3) is 0.500. The molecule has 1 unspecified atom stereocenters. The van der Waals surface area contributed by atoms with Crippen LogP contribution in [0.2, 0.25) is 0 Å². The maximum atomic E-state index is 5.94. The van der Waals surface area contributed by atoms with Crippen molar-refractivity contribution < 1.29 is 4.84 Å². The maximum Gasteiger partial charge on any atom is 0.0833 e. The molecule has 1 heterocycles. The second kappa shape index (κ2) is 7.34. The molecule has 1 aliphatic rings. The highest BCUT2D eigenvalue weighted by Gasteiger charge is 2.38. The zero-order valence-electron chi connectivity index (χ0n) is 11.3. The molecule has 0 aromatic carbocycles. The molecule has 1 saturated heterocycles. The third kappa shape index (κ3) is 3.97. The van der Waals surface area contributed by atoms with Crippen LogP contribution in [0.5, 0.6) is 0 Å². The first-order valence-electron chi connectivity index (χ1n) is 6.55. The Labute approximate surface area is 111 Å². The molecule has 1 atom stereocenters. The van der Waals surface area contributed by atoms with Gasteiger partial charge in [-0.05, 0) is 31.1 Å². The van der Waals surface area contributed by atoms with Crippen LogP contribution < -0.4 is 0 Å². The lowest BCUT2D eigenvalue weighted by atomic mass is 9.75. The van der Waals surface area contributed by atoms with Crippen molar-refractivity contribution in [3.05, 3.63) is 50.6 Å². The molecule has 0 saturated carbocycles. The highest BCUT2D eigenvalue weighted by atomic mass is 16.7. The van der Waals surface area contributed by atoms with Crippen LogP contribution in [0, 0.1) is 5.41 Å². The van der Waals surface area contributed by atoms with E-state index in [0.717, 1.165) is 38.8 Å². The van der Waals surface area contributed by atoms with Gasteiger partial charge in [0, 0.05) is 13.1 Å². The highest BCUT2D eigenvalue weighted by molar-refractivity contribution is 4.97. The van der Waals surface area contributed by atoms with Crippen LogP contribution in [0.3, 0.4) is 0 Å². The Morgan fingerprint density at radius 2 is 1.72 bits per heavy atom. The lowest BCUT2D eigenvalue weighted by molar-refractivity contribution is -0.246. The van der Waals surface area contributed by atoms with E-state index in [1.165, 1.54) is 0 Å². The molecule has 0 radical (unpaired) electrons. The summed E-state index contributed by atoms with van der Waals surface area (Å²) in [5.41, 5.74) is 0.193. The Kier molecular flexibility index (Phi) is 6.10. The average molecular weight is 247 g/mol. The van der Waals surface area contributed by atoms with Gasteiger partial charge in [-0.25, -0.2) is 0 Å². The molecular formula is C16H25NO. The van der Waals surface area contributed by atoms with Crippen LogP contribution in [0.4, 0.5) is 0 Å². The molecule has 1 fully saturated rings. The molecule has 18 heavy (non-hydrogen) atoms. The van der Waals surface area contributed by atoms with Gasteiger partial charge in [-0.1, -0.05) is 24.3 Å². The second-order valence-electron chi connectivity index (χ2n) is 5.05. The number of hydrogen-bond acceptors (Lipinski definition) is 2. The summed E-state index contributed by atoms with van der Waals surface area (Å²) in [5.74, 6) is 0. The zero-order valence-corrected chi connectivity index (χ0v) is 11.3. The van der Waals surface area contributed by atoms with Gasteiger partial charge in [-0.3, -0.25) is 4.84 Å². The van der Waals surface area contributed by atoms with Gasteiger partial charge in [-0.15, -0.1) is 26.3 Å². The first-order chi connectivity index (χ1) is 8.69. The number of hydroxylamine groups is 2. The fourth-order valence-electron chi connectivity index (χ4n) is 2.76. The molecule has 2 heteroatoms. The lowest BCUT2D eigenvalue weighted by Crippen LogP contribution is -2.47. The van der Waals surface area contributed by atoms with Crippen LogP contribution in [0.25, 0.3) is 0 Å². The van der Waals surface area contributed by atoms with Gasteiger partial charge in [0.2, 0.25) is 0 Å². The Balaban J connectivity index is 2.84. The van der Waals surface area contributed by atoms with Gasteiger partial charge >= 0.3 is 0 Å². The number of nitrogens with zero attached hydrogens (tertiary/aromatic N) is 1. The summed E-state index contributed by atoms with van der Waals surface area (Å²) < 4.78 is 0. The summed E-state index contributed by atoms with van der Waals surface area (Å²) in [6.07, 6.45) is 11.9. The maximum absolute atomic E-state index is 5.94. The normalized spacial score (nSPS) is 23.2. The smallest absolute Gasteiger partial charge is 0.0833 e. The van der Waals surface area contributed by atoms with E-state index in [0.29, 0.717) is 0 Å². The van der Waals surface area contributed by atoms with Gasteiger partial charge in [-0.2, -0.15) is 5.06 Å². The summed E-state index contributed by atoms with van der Waals surface area (Å²) in [7, 11) is 0. The van der Waals surface area contributed by atoms with E-state index in [-0.39, 0.29) is 11.5 Å². The van der Waals surface area contributed by atoms with Crippen molar-refractivity contribution in [2.24, 2.45) is 5.41 Å². The molecule has 1 aliphatic heterocycles. The molecular weight excluding hydrogens is 222 g/mol. The van der Waals surface area contributed by atoms with Gasteiger partial charge in [0.05, 0.1) is 6.10 Å². The third-order valence-electron chi connectivity index (χ3n) is 3.39. The molecule has 0 bridgehead atoms. The van der Waals surface area contributed by atoms with Crippen molar-refractivity contribution in [3.8, 4) is 0 Å². The third-order valence-corrected chi connectivity index (χ3v) is 3.39. The Bertz CT molecular complexity index is 278. The summed E-state index contributed by atoms with van der Waals surface area (Å²) in [4.78, 5) is 5.94. The van der Waals surface area contributed by atoms with E-state index in [9.17, 15) is 0 Å². The minimum atomic E-state index is 0.193. The SMILES string of the molecule is C=CCC1CC(CC=C)(CC=C)CN(CC=C)O1. The molecule has 0 aliphatic carbocycles. The van der Waals surface area contributed by atoms with Crippen molar-refractivity contribution >= 4 is 0 Å². The van der Waals surface area contributed by atoms with Gasteiger partial charge < -0.3 is 0 Å². The molecule has 100 valence electrons. The van der Waals surface area contributed by atoms with E-state index < -0.39 is 0 Å². The minimum absolute atomic E-state index is 0.193. The average Bonchev–Trinajstić information content (AvgIpc) is 2.30. The number of rotatable bonds is 8. The first kappa shape index (κ1) is 14.9. The monoisotopic (exact) mass is 247 g/mol. The Hall–Kier alpha value is -1.12. The van der Waals surface area contributed by atoms with E-state index in [2.05, 4.69) is 26.3 Å². The van der Waals surface area contributed by atoms with Crippen molar-refractivity contribution in [1.82, 2.24) is 5.06 Å². The van der Waals surface area contributed by atoms with Crippen LogP contribution in [0.15, 0.2) is 50.6 Å². The standard InChI is InChI=1S/C16H25NO/c1-5-9-15-13-16(10-6-2,11-7-3)14-17(18-15)12-8-4/h5-8,15H,1-4,9-14H2. The van der Waals surface area contributed by atoms with Crippen molar-refractivity contribution in [2.45, 2.75) is 31.8 Å². The summed E-state index contributed by atoms with van der Waals surface area (Å²) >= 11 is 0. The lowest BCUT2D eigenvalue weighted by Gasteiger charge is -2.45. The van der Waals surface area contributed by atoms with Crippen molar-refractivity contribution in [1.29, 1.82) is 0 Å². The molecule has 0 spiro atoms. The van der Waals surface area contributed by atoms with Crippen molar-refractivity contribution in [3.63, 3.8) is 0 Å². The molecule has 0 N–H and O–H groups in total. The van der Waals surface area contributed by atoms with Gasteiger partial charge in [0.1, 0.15) is 0 Å². The highest BCUT2D eigenvalue weighted by Crippen LogP contribution is 2.39. The molecule has 1 rings (SSSR count). The van der Waals surface area contributed by atoms with Crippen LogP contribution in [0.1, 0.15) is 25.7 Å². The predicted molar refractivity (Wildman–Crippen MR) is 78.1 cm³/mol. The quantitative estimate of drug-likeness (QED) is 0.603. The largest absolute Gasteiger partial charge is 0.295 e. The molecule has 2 nitrogen and oxygen atoms in total. The molecule has 0 amide bonds. The summed E-state index contributed by atoms with van der Waals surface area (Å²) in [6.45, 7) is 17.0. The first-order valence-corrected chi connectivity index (χ1v) is 6.55. The van der Waals surface area contributed by atoms with Crippen LogP contribution >= 0.6 is 0 Å². The van der Waals surface area contributed by atoms with E-state index in [1.54, 1.807) is 0 Å². The predicted octanol–water partition coefficient (Wildman–Crippen LogP) is 3.89. The number of hydrogen-bond donors (Lipinski definition) is 0. The van der Waals surface area contributed by atoms with Crippen molar-refractivity contribution in [2.75, 3.05) is 13.1 Å². The topological polar surface area (TPSA) is 12.5 Å². The Morgan fingerprint density at radius 1 is 1.06 bits per heavy atom. The van der Waals surface area contributed by atoms with Gasteiger partial charge in [0.25, 0.3) is 0 Å². The molecule has 0 aromatic heterocycles. The fourth-order valence-corrected chi connectivity index (χ4v) is 2.76. The molecule has 0 aromatic rings. The van der Waals surface area contributed by atoms with E-state index in [1.807, 2.05) is 29.4 Å². The Morgan fingerprint density at radius 3 is 2.22 bits per heavy atom. The summed E-state index contributed by atoms with van der Waals surface area (Å²) in [6, 6.07) is 0. The number of allylic oxidation sites excluding steroid dienone is 2. The van der Waals surface area contributed by atoms with E-state index >= 15 is 0 Å². The van der Waals surface area contributed by atoms with E-state index in [4.69, 9.17) is 4.84 Å². The second-order valence-corrected chi connectivity index (χ2v) is 5.05. The minimum Gasteiger partial charge on any atom is -0.295 e. The van der Waals surface area contributed by atoms with Crippen LogP contribution in [-0.4, -0.2) is 24.3 Å². The van der Waals surface area contributed by atoms with Crippen LogP contribution in [-0.2, 0) is 4.84 Å². The summed E-state index contributed by atoms with van der Waals surface area (Å²) in [5, 5.41) is 2.01.